The molecule has 0 spiro atoms. The Kier molecular flexibility index (Phi) is 5.19. The van der Waals surface area contributed by atoms with Gasteiger partial charge in [-0.05, 0) is 49.3 Å². The molecule has 0 unspecified atom stereocenters. The van der Waals surface area contributed by atoms with Gasteiger partial charge in [-0.1, -0.05) is 36.4 Å². The van der Waals surface area contributed by atoms with Crippen LogP contribution in [0.25, 0.3) is 5.76 Å². The first-order chi connectivity index (χ1) is 12.0. The third-order valence-electron chi connectivity index (χ3n) is 4.29. The molecule has 1 heterocycles. The van der Waals surface area contributed by atoms with E-state index in [1.165, 1.54) is 5.56 Å². The number of amides is 1. The number of benzene rings is 2. The molecule has 1 aliphatic heterocycles. The van der Waals surface area contributed by atoms with Crippen LogP contribution >= 0.6 is 0 Å². The van der Waals surface area contributed by atoms with Crippen molar-refractivity contribution in [2.24, 2.45) is 5.73 Å². The number of rotatable bonds is 5. The molecule has 4 heteroatoms. The number of hydrogen-bond donors (Lipinski definition) is 1. The van der Waals surface area contributed by atoms with E-state index >= 15 is 0 Å². The minimum Gasteiger partial charge on any atom is -0.457 e. The predicted octanol–water partition coefficient (Wildman–Crippen LogP) is 2.99. The van der Waals surface area contributed by atoms with E-state index in [0.29, 0.717) is 0 Å². The van der Waals surface area contributed by atoms with Gasteiger partial charge in [0.1, 0.15) is 11.5 Å². The number of carbonyl (C=O) groups excluding carboxylic acids is 1. The standard InChI is InChI=1S/C21H24N2O2/c1-23(2)11-5-8-20-18-7-4-3-6-16(18)14-17-12-15(13-21(22)24)9-10-19(17)25-20/h3-4,6-10,12H,5,11,13-14H2,1-2H3,(H2,22,24)/b20-8-. The maximum absolute atomic E-state index is 11.2. The van der Waals surface area contributed by atoms with Crippen LogP contribution < -0.4 is 10.5 Å². The molecule has 2 aromatic carbocycles. The fourth-order valence-corrected chi connectivity index (χ4v) is 3.08. The Hall–Kier alpha value is -2.59. The van der Waals surface area contributed by atoms with Crippen molar-refractivity contribution in [3.63, 3.8) is 0 Å². The lowest BCUT2D eigenvalue weighted by Crippen LogP contribution is -2.13. The number of ether oxygens (including phenoxy) is 1. The Morgan fingerprint density at radius 3 is 2.76 bits per heavy atom. The second kappa shape index (κ2) is 7.53. The molecule has 1 aliphatic rings. The van der Waals surface area contributed by atoms with Crippen molar-refractivity contribution < 1.29 is 9.53 Å². The number of nitrogens with two attached hydrogens (primary N) is 1. The van der Waals surface area contributed by atoms with Gasteiger partial charge >= 0.3 is 0 Å². The molecule has 0 radical (unpaired) electrons. The van der Waals surface area contributed by atoms with Gasteiger partial charge in [-0.15, -0.1) is 0 Å². The van der Waals surface area contributed by atoms with E-state index in [1.807, 2.05) is 24.3 Å². The molecule has 1 amide bonds. The van der Waals surface area contributed by atoms with Crippen molar-refractivity contribution in [2.45, 2.75) is 19.3 Å². The van der Waals surface area contributed by atoms with Gasteiger partial charge in [0.2, 0.25) is 5.91 Å². The van der Waals surface area contributed by atoms with Crippen molar-refractivity contribution >= 4 is 11.7 Å². The summed E-state index contributed by atoms with van der Waals surface area (Å²) >= 11 is 0. The summed E-state index contributed by atoms with van der Waals surface area (Å²) in [6, 6.07) is 14.2. The molecule has 2 N–H and O–H groups in total. The Morgan fingerprint density at radius 2 is 2.00 bits per heavy atom. The summed E-state index contributed by atoms with van der Waals surface area (Å²) in [7, 11) is 4.13. The lowest BCUT2D eigenvalue weighted by molar-refractivity contribution is -0.117. The maximum Gasteiger partial charge on any atom is 0.221 e. The number of fused-ring (bicyclic) bond motifs is 2. The van der Waals surface area contributed by atoms with Crippen LogP contribution in [0.2, 0.25) is 0 Å². The van der Waals surface area contributed by atoms with Crippen LogP contribution in [0.5, 0.6) is 5.75 Å². The smallest absolute Gasteiger partial charge is 0.221 e. The fourth-order valence-electron chi connectivity index (χ4n) is 3.08. The summed E-state index contributed by atoms with van der Waals surface area (Å²) < 4.78 is 6.25. The molecule has 130 valence electrons. The SMILES string of the molecule is CN(C)CC/C=C1\Oc2ccc(CC(N)=O)cc2Cc2ccccc21. The molecule has 0 atom stereocenters. The number of carbonyl (C=O) groups is 1. The molecule has 0 fully saturated rings. The molecule has 3 rings (SSSR count). The van der Waals surface area contributed by atoms with Gasteiger partial charge in [-0.25, -0.2) is 0 Å². The summed E-state index contributed by atoms with van der Waals surface area (Å²) in [5.74, 6) is 1.43. The van der Waals surface area contributed by atoms with Gasteiger partial charge in [0.25, 0.3) is 0 Å². The molecule has 2 aromatic rings. The average Bonchev–Trinajstić information content (AvgIpc) is 2.70. The summed E-state index contributed by atoms with van der Waals surface area (Å²) in [6.07, 6.45) is 4.11. The molecule has 25 heavy (non-hydrogen) atoms. The third kappa shape index (κ3) is 4.28. The summed E-state index contributed by atoms with van der Waals surface area (Å²) in [5, 5.41) is 0. The second-order valence-electron chi connectivity index (χ2n) is 6.68. The van der Waals surface area contributed by atoms with Crippen molar-refractivity contribution in [3.05, 3.63) is 70.8 Å². The third-order valence-corrected chi connectivity index (χ3v) is 4.29. The molecular weight excluding hydrogens is 312 g/mol. The highest BCUT2D eigenvalue weighted by Gasteiger charge is 2.18. The van der Waals surface area contributed by atoms with Crippen LogP contribution in [0, 0.1) is 0 Å². The van der Waals surface area contributed by atoms with Gasteiger partial charge in [0.05, 0.1) is 6.42 Å². The topological polar surface area (TPSA) is 55.6 Å². The lowest BCUT2D eigenvalue weighted by atomic mass is 9.97. The van der Waals surface area contributed by atoms with Gasteiger partial charge in [0, 0.05) is 18.5 Å². The van der Waals surface area contributed by atoms with Gasteiger partial charge in [0.15, 0.2) is 0 Å². The van der Waals surface area contributed by atoms with Crippen LogP contribution in [0.4, 0.5) is 0 Å². The first-order valence-corrected chi connectivity index (χ1v) is 8.54. The van der Waals surface area contributed by atoms with E-state index in [4.69, 9.17) is 10.5 Å². The van der Waals surface area contributed by atoms with E-state index in [-0.39, 0.29) is 12.3 Å². The first-order valence-electron chi connectivity index (χ1n) is 8.54. The highest BCUT2D eigenvalue weighted by molar-refractivity contribution is 5.77. The van der Waals surface area contributed by atoms with Crippen LogP contribution in [-0.4, -0.2) is 31.4 Å². The van der Waals surface area contributed by atoms with Crippen molar-refractivity contribution in [1.82, 2.24) is 4.90 Å². The Bertz CT molecular complexity index is 809. The monoisotopic (exact) mass is 336 g/mol. The molecular formula is C21H24N2O2. The van der Waals surface area contributed by atoms with Crippen molar-refractivity contribution in [2.75, 3.05) is 20.6 Å². The van der Waals surface area contributed by atoms with E-state index in [1.54, 1.807) is 0 Å². The van der Waals surface area contributed by atoms with Crippen LogP contribution in [-0.2, 0) is 17.6 Å². The van der Waals surface area contributed by atoms with Crippen LogP contribution in [0.1, 0.15) is 28.7 Å². The minimum atomic E-state index is -0.320. The predicted molar refractivity (Wildman–Crippen MR) is 100 cm³/mol. The number of nitrogens with zero attached hydrogens (tertiary/aromatic N) is 1. The zero-order valence-electron chi connectivity index (χ0n) is 14.8. The summed E-state index contributed by atoms with van der Waals surface area (Å²) in [6.45, 7) is 0.972. The Labute approximate surface area is 148 Å². The zero-order valence-corrected chi connectivity index (χ0v) is 14.8. The molecule has 0 aromatic heterocycles. The normalized spacial score (nSPS) is 14.6. The van der Waals surface area contributed by atoms with E-state index < -0.39 is 0 Å². The van der Waals surface area contributed by atoms with Crippen LogP contribution in [0.3, 0.4) is 0 Å². The largest absolute Gasteiger partial charge is 0.457 e. The zero-order chi connectivity index (χ0) is 17.8. The quantitative estimate of drug-likeness (QED) is 0.913. The first kappa shape index (κ1) is 17.2. The van der Waals surface area contributed by atoms with E-state index in [2.05, 4.69) is 43.3 Å². The fraction of sp³-hybridized carbons (Fsp3) is 0.286. The van der Waals surface area contributed by atoms with Crippen molar-refractivity contribution in [3.8, 4) is 5.75 Å². The van der Waals surface area contributed by atoms with Gasteiger partial charge in [-0.3, -0.25) is 4.79 Å². The average molecular weight is 336 g/mol. The van der Waals surface area contributed by atoms with Crippen molar-refractivity contribution in [1.29, 1.82) is 0 Å². The van der Waals surface area contributed by atoms with Gasteiger partial charge in [-0.2, -0.15) is 0 Å². The molecule has 0 aliphatic carbocycles. The van der Waals surface area contributed by atoms with E-state index in [0.717, 1.165) is 47.6 Å². The highest BCUT2D eigenvalue weighted by Crippen LogP contribution is 2.34. The summed E-state index contributed by atoms with van der Waals surface area (Å²) in [4.78, 5) is 13.4. The minimum absolute atomic E-state index is 0.250. The number of primary amides is 1. The Morgan fingerprint density at radius 1 is 1.20 bits per heavy atom. The van der Waals surface area contributed by atoms with Crippen LogP contribution in [0.15, 0.2) is 48.5 Å². The lowest BCUT2D eigenvalue weighted by Gasteiger charge is -2.12. The highest BCUT2D eigenvalue weighted by atomic mass is 16.5. The number of hydrogen-bond acceptors (Lipinski definition) is 3. The second-order valence-corrected chi connectivity index (χ2v) is 6.68. The molecule has 0 bridgehead atoms. The molecule has 4 nitrogen and oxygen atoms in total. The Balaban J connectivity index is 1.97. The summed E-state index contributed by atoms with van der Waals surface area (Å²) in [5.41, 5.74) is 9.70. The van der Waals surface area contributed by atoms with E-state index in [9.17, 15) is 4.79 Å². The molecule has 0 saturated heterocycles. The maximum atomic E-state index is 11.2. The molecule has 0 saturated carbocycles. The van der Waals surface area contributed by atoms with Gasteiger partial charge < -0.3 is 15.4 Å².